The molecule has 0 aliphatic heterocycles. The summed E-state index contributed by atoms with van der Waals surface area (Å²) < 4.78 is 5.75. The Morgan fingerprint density at radius 2 is 1.91 bits per heavy atom. The standard InChI is InChI=1S/C16H21N3O3/c1-9-4-5-12(10(2)11(9)8-17)22-7-3-6-19-14-13(18)15(20)16(14)21/h4-5,19H,3,6-8,17-18H2,1-2H3. The van der Waals surface area contributed by atoms with Crippen molar-refractivity contribution >= 4 is 11.4 Å². The van der Waals surface area contributed by atoms with Gasteiger partial charge in [-0.2, -0.15) is 0 Å². The average Bonchev–Trinajstić information content (AvgIpc) is 2.52. The lowest BCUT2D eigenvalue weighted by atomic mass is 10.0. The van der Waals surface area contributed by atoms with Crippen molar-refractivity contribution in [1.82, 2.24) is 0 Å². The van der Waals surface area contributed by atoms with Crippen LogP contribution in [0.1, 0.15) is 23.1 Å². The molecule has 2 aromatic carbocycles. The minimum Gasteiger partial charge on any atom is -0.493 e. The van der Waals surface area contributed by atoms with Crippen molar-refractivity contribution in [2.45, 2.75) is 26.8 Å². The number of hydrogen-bond donors (Lipinski definition) is 3. The van der Waals surface area contributed by atoms with Crippen molar-refractivity contribution in [3.63, 3.8) is 0 Å². The van der Waals surface area contributed by atoms with Gasteiger partial charge in [0.2, 0.25) is 0 Å². The third-order valence-electron chi connectivity index (χ3n) is 3.81. The summed E-state index contributed by atoms with van der Waals surface area (Å²) in [6.45, 7) is 5.52. The molecule has 0 aromatic heterocycles. The van der Waals surface area contributed by atoms with E-state index >= 15 is 0 Å². The first-order valence-electron chi connectivity index (χ1n) is 7.22. The normalized spacial score (nSPS) is 10.9. The zero-order valence-electron chi connectivity index (χ0n) is 12.9. The highest BCUT2D eigenvalue weighted by molar-refractivity contribution is 5.71. The van der Waals surface area contributed by atoms with Gasteiger partial charge in [0.05, 0.1) is 6.61 Å². The summed E-state index contributed by atoms with van der Waals surface area (Å²) >= 11 is 0. The molecule has 2 aromatic rings. The van der Waals surface area contributed by atoms with Crippen molar-refractivity contribution in [3.8, 4) is 5.75 Å². The smallest absolute Gasteiger partial charge is 0.253 e. The predicted octanol–water partition coefficient (Wildman–Crippen LogP) is 0.821. The molecule has 0 heterocycles. The van der Waals surface area contributed by atoms with Gasteiger partial charge in [-0.15, -0.1) is 0 Å². The van der Waals surface area contributed by atoms with Crippen LogP contribution in [0.15, 0.2) is 21.7 Å². The number of nitrogens with one attached hydrogen (secondary N) is 1. The van der Waals surface area contributed by atoms with Gasteiger partial charge in [0.15, 0.2) is 0 Å². The summed E-state index contributed by atoms with van der Waals surface area (Å²) in [6, 6.07) is 3.93. The van der Waals surface area contributed by atoms with Crippen LogP contribution in [0.25, 0.3) is 0 Å². The Balaban J connectivity index is 1.83. The van der Waals surface area contributed by atoms with Crippen LogP contribution >= 0.6 is 0 Å². The lowest BCUT2D eigenvalue weighted by molar-refractivity contribution is 0.312. The highest BCUT2D eigenvalue weighted by Gasteiger charge is 2.16. The van der Waals surface area contributed by atoms with Gasteiger partial charge < -0.3 is 21.5 Å². The maximum Gasteiger partial charge on any atom is 0.253 e. The van der Waals surface area contributed by atoms with E-state index in [1.165, 1.54) is 0 Å². The molecule has 5 N–H and O–H groups in total. The minimum atomic E-state index is -0.608. The molecule has 0 aliphatic rings. The van der Waals surface area contributed by atoms with E-state index in [4.69, 9.17) is 16.2 Å². The molecule has 0 spiro atoms. The average molecular weight is 303 g/mol. The van der Waals surface area contributed by atoms with E-state index in [-0.39, 0.29) is 11.4 Å². The molecule has 6 heteroatoms. The molecule has 0 saturated carbocycles. The summed E-state index contributed by atoms with van der Waals surface area (Å²) in [6.07, 6.45) is 0.684. The van der Waals surface area contributed by atoms with Crippen molar-refractivity contribution in [3.05, 3.63) is 49.3 Å². The third kappa shape index (κ3) is 2.96. The van der Waals surface area contributed by atoms with Gasteiger partial charge in [0.25, 0.3) is 10.9 Å². The summed E-state index contributed by atoms with van der Waals surface area (Å²) in [5.74, 6) is 0.819. The predicted molar refractivity (Wildman–Crippen MR) is 88.2 cm³/mol. The summed E-state index contributed by atoms with van der Waals surface area (Å²) in [5.41, 5.74) is 13.6. The van der Waals surface area contributed by atoms with Crippen LogP contribution in [-0.4, -0.2) is 13.2 Å². The maximum absolute atomic E-state index is 11.2. The van der Waals surface area contributed by atoms with Gasteiger partial charge in [-0.3, -0.25) is 9.59 Å². The highest BCUT2D eigenvalue weighted by atomic mass is 16.5. The second-order valence-electron chi connectivity index (χ2n) is 5.26. The molecule has 2 rings (SSSR count). The first kappa shape index (κ1) is 16.0. The van der Waals surface area contributed by atoms with Crippen LogP contribution in [0.3, 0.4) is 0 Å². The molecule has 0 atom stereocenters. The fourth-order valence-electron chi connectivity index (χ4n) is 2.39. The third-order valence-corrected chi connectivity index (χ3v) is 3.81. The first-order valence-corrected chi connectivity index (χ1v) is 7.22. The van der Waals surface area contributed by atoms with Gasteiger partial charge >= 0.3 is 0 Å². The molecule has 0 unspecified atom stereocenters. The fourth-order valence-corrected chi connectivity index (χ4v) is 2.39. The quantitative estimate of drug-likeness (QED) is 0.516. The number of nitrogen functional groups attached to an aromatic ring is 1. The molecular weight excluding hydrogens is 282 g/mol. The highest BCUT2D eigenvalue weighted by Crippen LogP contribution is 2.24. The summed E-state index contributed by atoms with van der Waals surface area (Å²) in [7, 11) is 0. The lowest BCUT2D eigenvalue weighted by Gasteiger charge is -2.14. The Morgan fingerprint density at radius 1 is 1.18 bits per heavy atom. The van der Waals surface area contributed by atoms with Gasteiger partial charge in [-0.25, -0.2) is 0 Å². The molecule has 22 heavy (non-hydrogen) atoms. The van der Waals surface area contributed by atoms with Crippen LogP contribution in [-0.2, 0) is 6.54 Å². The number of rotatable bonds is 7. The second-order valence-corrected chi connectivity index (χ2v) is 5.26. The van der Waals surface area contributed by atoms with Gasteiger partial charge in [-0.05, 0) is 43.0 Å². The van der Waals surface area contributed by atoms with Crippen LogP contribution in [0.2, 0.25) is 0 Å². The van der Waals surface area contributed by atoms with Gasteiger partial charge in [-0.1, -0.05) is 6.07 Å². The molecule has 118 valence electrons. The molecular formula is C16H21N3O3. The van der Waals surface area contributed by atoms with Gasteiger partial charge in [0.1, 0.15) is 17.1 Å². The van der Waals surface area contributed by atoms with E-state index in [9.17, 15) is 9.59 Å². The van der Waals surface area contributed by atoms with E-state index in [0.29, 0.717) is 26.1 Å². The maximum atomic E-state index is 11.2. The zero-order valence-corrected chi connectivity index (χ0v) is 12.9. The number of anilines is 2. The lowest BCUT2D eigenvalue weighted by Crippen LogP contribution is -2.37. The van der Waals surface area contributed by atoms with E-state index in [1.807, 2.05) is 26.0 Å². The van der Waals surface area contributed by atoms with E-state index in [1.54, 1.807) is 0 Å². The van der Waals surface area contributed by atoms with Crippen molar-refractivity contribution in [2.24, 2.45) is 5.73 Å². The number of ether oxygens (including phenoxy) is 1. The number of aryl methyl sites for hydroxylation is 1. The molecule has 0 aliphatic carbocycles. The molecule has 6 nitrogen and oxygen atoms in total. The molecule has 0 radical (unpaired) electrons. The molecule has 0 bridgehead atoms. The van der Waals surface area contributed by atoms with Crippen LogP contribution in [0, 0.1) is 13.8 Å². The van der Waals surface area contributed by atoms with E-state index < -0.39 is 10.9 Å². The molecule has 0 fully saturated rings. The van der Waals surface area contributed by atoms with Gasteiger partial charge in [0, 0.05) is 13.1 Å². The molecule has 0 amide bonds. The van der Waals surface area contributed by atoms with Crippen LogP contribution in [0.4, 0.5) is 11.4 Å². The fraction of sp³-hybridized carbons (Fsp3) is 0.375. The van der Waals surface area contributed by atoms with Crippen LogP contribution in [0.5, 0.6) is 5.75 Å². The Hall–Kier alpha value is -2.34. The van der Waals surface area contributed by atoms with Crippen molar-refractivity contribution in [2.75, 3.05) is 24.2 Å². The second kappa shape index (κ2) is 6.62. The van der Waals surface area contributed by atoms with Crippen molar-refractivity contribution < 1.29 is 4.74 Å². The Labute approximate surface area is 128 Å². The summed E-state index contributed by atoms with van der Waals surface area (Å²) in [5, 5.41) is 2.87. The largest absolute Gasteiger partial charge is 0.493 e. The number of nitrogens with two attached hydrogens (primary N) is 2. The first-order chi connectivity index (χ1) is 10.5. The van der Waals surface area contributed by atoms with Crippen molar-refractivity contribution in [1.29, 1.82) is 0 Å². The van der Waals surface area contributed by atoms with Crippen LogP contribution < -0.4 is 32.4 Å². The molecule has 0 saturated heterocycles. The number of hydrogen-bond acceptors (Lipinski definition) is 6. The number of benzene rings is 1. The van der Waals surface area contributed by atoms with E-state index in [0.717, 1.165) is 22.4 Å². The SMILES string of the molecule is Cc1ccc(OCCCNc2c(N)c(=O)c2=O)c(C)c1CN. The topological polar surface area (TPSA) is 107 Å². The minimum absolute atomic E-state index is 0.0212. The summed E-state index contributed by atoms with van der Waals surface area (Å²) in [4.78, 5) is 22.2. The Morgan fingerprint density at radius 3 is 2.55 bits per heavy atom. The van der Waals surface area contributed by atoms with E-state index in [2.05, 4.69) is 5.32 Å². The Kier molecular flexibility index (Phi) is 4.82. The Bertz CT molecular complexity index is 746. The monoisotopic (exact) mass is 303 g/mol. The zero-order chi connectivity index (χ0) is 16.3.